The lowest BCUT2D eigenvalue weighted by molar-refractivity contribution is -0.121. The molecule has 1 fully saturated rings. The van der Waals surface area contributed by atoms with E-state index in [4.69, 9.17) is 10.8 Å². The molecule has 0 radical (unpaired) electrons. The number of carbonyl (C=O) groups excluding carboxylic acids is 1. The summed E-state index contributed by atoms with van der Waals surface area (Å²) in [6.07, 6.45) is 4.17. The van der Waals surface area contributed by atoms with Crippen LogP contribution in [-0.4, -0.2) is 33.0 Å². The highest BCUT2D eigenvalue weighted by molar-refractivity contribution is 9.10. The summed E-state index contributed by atoms with van der Waals surface area (Å²) in [4.78, 5) is 31.1. The predicted molar refractivity (Wildman–Crippen MR) is 100 cm³/mol. The molecule has 1 amide bonds. The van der Waals surface area contributed by atoms with Crippen molar-refractivity contribution in [1.82, 2.24) is 9.97 Å². The predicted octanol–water partition coefficient (Wildman–Crippen LogP) is 2.75. The minimum absolute atomic E-state index is 0.0543. The largest absolute Gasteiger partial charge is 0.478 e. The number of anilines is 3. The number of benzene rings is 1. The lowest BCUT2D eigenvalue weighted by atomic mass is 10.0. The third-order valence-corrected chi connectivity index (χ3v) is 4.92. The molecule has 1 saturated carbocycles. The number of primary amides is 1. The molecule has 0 aliphatic heterocycles. The number of nitrogens with zero attached hydrogens (tertiary/aromatic N) is 2. The van der Waals surface area contributed by atoms with Gasteiger partial charge in [-0.3, -0.25) is 4.79 Å². The van der Waals surface area contributed by atoms with E-state index in [9.17, 15) is 9.59 Å². The summed E-state index contributed by atoms with van der Waals surface area (Å²) < 4.78 is 0.680. The van der Waals surface area contributed by atoms with Crippen LogP contribution in [0, 0.1) is 5.92 Å². The Hall–Kier alpha value is -2.68. The van der Waals surface area contributed by atoms with Gasteiger partial charge in [-0.1, -0.05) is 6.42 Å². The van der Waals surface area contributed by atoms with Crippen molar-refractivity contribution in [2.45, 2.75) is 25.3 Å². The Morgan fingerprint density at radius 3 is 2.62 bits per heavy atom. The van der Waals surface area contributed by atoms with Crippen molar-refractivity contribution in [3.05, 3.63) is 40.5 Å². The van der Waals surface area contributed by atoms with Gasteiger partial charge in [0.25, 0.3) is 0 Å². The van der Waals surface area contributed by atoms with E-state index in [0.29, 0.717) is 21.9 Å². The number of aromatic carboxylic acids is 1. The van der Waals surface area contributed by atoms with Crippen LogP contribution in [0.3, 0.4) is 0 Å². The Kier molecular flexibility index (Phi) is 5.36. The quantitative estimate of drug-likeness (QED) is 0.565. The smallest absolute Gasteiger partial charge is 0.335 e. The molecule has 0 bridgehead atoms. The number of carbonyl (C=O) groups is 2. The molecular weight excluding hydrogens is 402 g/mol. The van der Waals surface area contributed by atoms with E-state index in [-0.39, 0.29) is 23.4 Å². The fraction of sp³-hybridized carbons (Fsp3) is 0.294. The number of aromatic nitrogens is 2. The molecule has 26 heavy (non-hydrogen) atoms. The van der Waals surface area contributed by atoms with Crippen LogP contribution in [0.4, 0.5) is 17.5 Å². The minimum Gasteiger partial charge on any atom is -0.478 e. The Morgan fingerprint density at radius 1 is 1.23 bits per heavy atom. The number of nitrogens with two attached hydrogens (primary N) is 1. The van der Waals surface area contributed by atoms with Crippen LogP contribution in [0.5, 0.6) is 0 Å². The number of amides is 1. The van der Waals surface area contributed by atoms with Crippen molar-refractivity contribution >= 4 is 45.3 Å². The second-order valence-electron chi connectivity index (χ2n) is 6.09. The lowest BCUT2D eigenvalue weighted by Gasteiger charge is -2.20. The van der Waals surface area contributed by atoms with Crippen molar-refractivity contribution in [3.63, 3.8) is 0 Å². The van der Waals surface area contributed by atoms with Gasteiger partial charge in [-0.05, 0) is 53.0 Å². The molecule has 5 N–H and O–H groups in total. The average molecular weight is 420 g/mol. The van der Waals surface area contributed by atoms with Gasteiger partial charge in [-0.15, -0.1) is 0 Å². The number of carboxylic acids is 1. The first-order valence-corrected chi connectivity index (χ1v) is 8.92. The summed E-state index contributed by atoms with van der Waals surface area (Å²) in [6, 6.07) is 6.22. The van der Waals surface area contributed by atoms with Crippen LogP contribution < -0.4 is 16.4 Å². The lowest BCUT2D eigenvalue weighted by Crippen LogP contribution is -2.34. The summed E-state index contributed by atoms with van der Waals surface area (Å²) >= 11 is 3.41. The zero-order valence-electron chi connectivity index (χ0n) is 13.8. The first-order valence-electron chi connectivity index (χ1n) is 8.13. The van der Waals surface area contributed by atoms with Gasteiger partial charge in [0.05, 0.1) is 16.0 Å². The molecule has 2 atom stereocenters. The zero-order valence-corrected chi connectivity index (χ0v) is 15.4. The van der Waals surface area contributed by atoms with Crippen LogP contribution in [0.15, 0.2) is 34.9 Å². The normalized spacial score (nSPS) is 19.1. The van der Waals surface area contributed by atoms with Crippen molar-refractivity contribution < 1.29 is 14.7 Å². The number of hydrogen-bond acceptors (Lipinski definition) is 6. The summed E-state index contributed by atoms with van der Waals surface area (Å²) in [7, 11) is 0. The van der Waals surface area contributed by atoms with Crippen LogP contribution in [0.1, 0.15) is 29.6 Å². The summed E-state index contributed by atoms with van der Waals surface area (Å²) in [5.74, 6) is -0.572. The highest BCUT2D eigenvalue weighted by Crippen LogP contribution is 2.30. The zero-order chi connectivity index (χ0) is 18.7. The Bertz CT molecular complexity index is 828. The maximum atomic E-state index is 11.6. The molecule has 8 nitrogen and oxygen atoms in total. The van der Waals surface area contributed by atoms with Gasteiger partial charge in [0.15, 0.2) is 0 Å². The maximum Gasteiger partial charge on any atom is 0.335 e. The first-order chi connectivity index (χ1) is 12.4. The SMILES string of the molecule is NC(=O)[C@H]1CCC[C@H]1Nc1nc(Nc2ccc(C(=O)O)cc2)ncc1Br. The third kappa shape index (κ3) is 4.10. The molecule has 1 aromatic heterocycles. The van der Waals surface area contributed by atoms with Crippen molar-refractivity contribution in [2.75, 3.05) is 10.6 Å². The Morgan fingerprint density at radius 2 is 1.96 bits per heavy atom. The first kappa shape index (κ1) is 18.1. The van der Waals surface area contributed by atoms with Gasteiger partial charge in [0, 0.05) is 17.9 Å². The topological polar surface area (TPSA) is 130 Å². The van der Waals surface area contributed by atoms with Gasteiger partial charge >= 0.3 is 5.97 Å². The number of carboxylic acid groups (broad SMARTS) is 1. The van der Waals surface area contributed by atoms with Gasteiger partial charge in [-0.25, -0.2) is 9.78 Å². The highest BCUT2D eigenvalue weighted by atomic mass is 79.9. The molecule has 1 heterocycles. The summed E-state index contributed by atoms with van der Waals surface area (Å²) in [5.41, 5.74) is 6.34. The Balaban J connectivity index is 1.75. The fourth-order valence-corrected chi connectivity index (χ4v) is 3.31. The monoisotopic (exact) mass is 419 g/mol. The van der Waals surface area contributed by atoms with E-state index < -0.39 is 5.97 Å². The molecule has 0 unspecified atom stereocenters. The maximum absolute atomic E-state index is 11.6. The number of rotatable bonds is 6. The van der Waals surface area contributed by atoms with Gasteiger partial charge in [-0.2, -0.15) is 4.98 Å². The third-order valence-electron chi connectivity index (χ3n) is 4.34. The minimum atomic E-state index is -0.983. The number of hydrogen-bond donors (Lipinski definition) is 4. The summed E-state index contributed by atoms with van der Waals surface area (Å²) in [5, 5.41) is 15.2. The standard InChI is InChI=1S/C17H18BrN5O3/c18-12-8-20-17(21-10-6-4-9(5-7-10)16(25)26)23-15(12)22-13-3-1-2-11(13)14(19)24/h4-8,11,13H,1-3H2,(H2,19,24)(H,25,26)(H2,20,21,22,23)/t11-,13+/m0/s1. The van der Waals surface area contributed by atoms with E-state index in [0.717, 1.165) is 19.3 Å². The molecule has 0 spiro atoms. The van der Waals surface area contributed by atoms with Crippen molar-refractivity contribution in [1.29, 1.82) is 0 Å². The van der Waals surface area contributed by atoms with Gasteiger partial charge < -0.3 is 21.5 Å². The van der Waals surface area contributed by atoms with Gasteiger partial charge in [0.1, 0.15) is 5.82 Å². The van der Waals surface area contributed by atoms with Crippen LogP contribution in [-0.2, 0) is 4.79 Å². The molecule has 136 valence electrons. The molecular formula is C17H18BrN5O3. The Labute approximate surface area is 158 Å². The fourth-order valence-electron chi connectivity index (χ4n) is 3.00. The molecule has 9 heteroatoms. The molecule has 2 aromatic rings. The molecule has 3 rings (SSSR count). The molecule has 1 aliphatic rings. The van der Waals surface area contributed by atoms with Gasteiger partial charge in [0.2, 0.25) is 11.9 Å². The summed E-state index contributed by atoms with van der Waals surface area (Å²) in [6.45, 7) is 0. The van der Waals surface area contributed by atoms with Crippen LogP contribution in [0.2, 0.25) is 0 Å². The van der Waals surface area contributed by atoms with Crippen LogP contribution in [0.25, 0.3) is 0 Å². The average Bonchev–Trinajstić information content (AvgIpc) is 3.07. The van der Waals surface area contributed by atoms with E-state index in [1.165, 1.54) is 12.1 Å². The van der Waals surface area contributed by atoms with E-state index in [1.807, 2.05) is 0 Å². The molecule has 1 aliphatic carbocycles. The van der Waals surface area contributed by atoms with E-state index in [1.54, 1.807) is 18.3 Å². The van der Waals surface area contributed by atoms with E-state index in [2.05, 4.69) is 36.5 Å². The molecule has 1 aromatic carbocycles. The number of halogens is 1. The highest BCUT2D eigenvalue weighted by Gasteiger charge is 2.32. The van der Waals surface area contributed by atoms with E-state index >= 15 is 0 Å². The van der Waals surface area contributed by atoms with Crippen molar-refractivity contribution in [3.8, 4) is 0 Å². The van der Waals surface area contributed by atoms with Crippen LogP contribution >= 0.6 is 15.9 Å². The second-order valence-corrected chi connectivity index (χ2v) is 6.94. The molecule has 0 saturated heterocycles. The van der Waals surface area contributed by atoms with Crippen molar-refractivity contribution in [2.24, 2.45) is 11.7 Å². The second kappa shape index (κ2) is 7.69. The number of nitrogens with one attached hydrogen (secondary N) is 2.